The van der Waals surface area contributed by atoms with E-state index < -0.39 is 0 Å². The third-order valence-corrected chi connectivity index (χ3v) is 4.85. The van der Waals surface area contributed by atoms with Crippen molar-refractivity contribution in [3.63, 3.8) is 0 Å². The Kier molecular flexibility index (Phi) is 8.88. The molecule has 0 spiro atoms. The smallest absolute Gasteiger partial charge is 0.228 e. The van der Waals surface area contributed by atoms with Crippen molar-refractivity contribution >= 4 is 5.96 Å². The van der Waals surface area contributed by atoms with Crippen LogP contribution in [0, 0.1) is 0 Å². The fourth-order valence-corrected chi connectivity index (χ4v) is 3.34. The van der Waals surface area contributed by atoms with Gasteiger partial charge in [0.25, 0.3) is 0 Å². The number of piperidine rings is 1. The highest BCUT2D eigenvalue weighted by atomic mass is 16.5. The largest absolute Gasteiger partial charge is 0.357 e. The molecule has 1 aromatic heterocycles. The maximum atomic E-state index is 5.28. The van der Waals surface area contributed by atoms with Crippen molar-refractivity contribution in [2.45, 2.75) is 71.8 Å². The van der Waals surface area contributed by atoms with Crippen LogP contribution in [0.1, 0.15) is 71.0 Å². The molecule has 2 N–H and O–H groups in total. The Morgan fingerprint density at radius 1 is 1.31 bits per heavy atom. The summed E-state index contributed by atoms with van der Waals surface area (Å²) in [5.41, 5.74) is 0. The molecule has 148 valence electrons. The molecule has 0 aliphatic carbocycles. The lowest BCUT2D eigenvalue weighted by atomic mass is 10.0. The first-order chi connectivity index (χ1) is 12.6. The van der Waals surface area contributed by atoms with E-state index in [9.17, 15) is 0 Å². The van der Waals surface area contributed by atoms with E-state index in [1.54, 1.807) is 0 Å². The molecule has 1 aromatic rings. The molecule has 1 aliphatic rings. The lowest BCUT2D eigenvalue weighted by Gasteiger charge is -2.34. The van der Waals surface area contributed by atoms with Gasteiger partial charge in [-0.05, 0) is 32.7 Å². The van der Waals surface area contributed by atoms with Gasteiger partial charge in [0.1, 0.15) is 0 Å². The summed E-state index contributed by atoms with van der Waals surface area (Å²) in [5, 5.41) is 10.7. The summed E-state index contributed by atoms with van der Waals surface area (Å²) in [6.45, 7) is 13.2. The molecular weight excluding hydrogens is 328 g/mol. The standard InChI is InChI=1S/C19H36N6O/c1-5-16-9-7-8-13-25(16)14-12-22-19(20-6-2)21-11-10-17-23-18(15(3)4)24-26-17/h15-16H,5-14H2,1-4H3,(H2,20,21,22). The van der Waals surface area contributed by atoms with Crippen molar-refractivity contribution < 1.29 is 4.52 Å². The number of hydrogen-bond acceptors (Lipinski definition) is 5. The first-order valence-electron chi connectivity index (χ1n) is 10.2. The van der Waals surface area contributed by atoms with Crippen LogP contribution in [0.4, 0.5) is 0 Å². The lowest BCUT2D eigenvalue weighted by Crippen LogP contribution is -2.42. The SMILES string of the molecule is CCNC(=NCCN1CCCCC1CC)NCCc1nc(C(C)C)no1. The van der Waals surface area contributed by atoms with E-state index >= 15 is 0 Å². The molecule has 0 aromatic carbocycles. The highest BCUT2D eigenvalue weighted by Gasteiger charge is 2.19. The number of nitrogens with one attached hydrogen (secondary N) is 2. The quantitative estimate of drug-likeness (QED) is 0.518. The van der Waals surface area contributed by atoms with Crippen LogP contribution in [-0.2, 0) is 6.42 Å². The van der Waals surface area contributed by atoms with Gasteiger partial charge < -0.3 is 15.2 Å². The van der Waals surface area contributed by atoms with E-state index in [1.807, 2.05) is 0 Å². The Bertz CT molecular complexity index is 542. The highest BCUT2D eigenvalue weighted by molar-refractivity contribution is 5.79. The highest BCUT2D eigenvalue weighted by Crippen LogP contribution is 2.18. The van der Waals surface area contributed by atoms with Gasteiger partial charge in [-0.25, -0.2) is 0 Å². The number of aromatic nitrogens is 2. The van der Waals surface area contributed by atoms with Crippen LogP contribution in [0.3, 0.4) is 0 Å². The first kappa shape index (κ1) is 20.7. The van der Waals surface area contributed by atoms with Gasteiger partial charge in [-0.2, -0.15) is 4.98 Å². The van der Waals surface area contributed by atoms with Crippen LogP contribution in [0.15, 0.2) is 9.52 Å². The topological polar surface area (TPSA) is 78.6 Å². The van der Waals surface area contributed by atoms with Crippen molar-refractivity contribution in [3.8, 4) is 0 Å². The van der Waals surface area contributed by atoms with Gasteiger partial charge in [-0.15, -0.1) is 0 Å². The normalized spacial score (nSPS) is 19.1. The van der Waals surface area contributed by atoms with Gasteiger partial charge in [0.05, 0.1) is 6.54 Å². The zero-order valence-corrected chi connectivity index (χ0v) is 16.9. The minimum absolute atomic E-state index is 0.293. The number of guanidine groups is 1. The van der Waals surface area contributed by atoms with Crippen molar-refractivity contribution in [2.24, 2.45) is 4.99 Å². The van der Waals surface area contributed by atoms with E-state index in [2.05, 4.69) is 53.4 Å². The maximum Gasteiger partial charge on any atom is 0.228 e. The van der Waals surface area contributed by atoms with Crippen molar-refractivity contribution in [2.75, 3.05) is 32.7 Å². The van der Waals surface area contributed by atoms with Crippen LogP contribution < -0.4 is 10.6 Å². The zero-order valence-electron chi connectivity index (χ0n) is 16.9. The minimum atomic E-state index is 0.293. The fraction of sp³-hybridized carbons (Fsp3) is 0.842. The summed E-state index contributed by atoms with van der Waals surface area (Å²) in [4.78, 5) is 11.7. The van der Waals surface area contributed by atoms with Crippen LogP contribution in [0.2, 0.25) is 0 Å². The molecule has 1 atom stereocenters. The molecule has 1 aliphatic heterocycles. The van der Waals surface area contributed by atoms with Crippen molar-refractivity contribution in [3.05, 3.63) is 11.7 Å². The number of likely N-dealkylation sites (tertiary alicyclic amines) is 1. The van der Waals surface area contributed by atoms with E-state index in [4.69, 9.17) is 9.52 Å². The van der Waals surface area contributed by atoms with E-state index in [1.165, 1.54) is 32.2 Å². The average molecular weight is 365 g/mol. The van der Waals surface area contributed by atoms with Gasteiger partial charge in [-0.1, -0.05) is 32.3 Å². The van der Waals surface area contributed by atoms with Gasteiger partial charge >= 0.3 is 0 Å². The molecule has 7 heteroatoms. The molecule has 2 rings (SSSR count). The Hall–Kier alpha value is -1.63. The number of rotatable bonds is 9. The molecule has 7 nitrogen and oxygen atoms in total. The maximum absolute atomic E-state index is 5.28. The second-order valence-corrected chi connectivity index (χ2v) is 7.23. The monoisotopic (exact) mass is 364 g/mol. The van der Waals surface area contributed by atoms with E-state index in [0.717, 1.165) is 44.0 Å². The number of aliphatic imine (C=N–C) groups is 1. The fourth-order valence-electron chi connectivity index (χ4n) is 3.34. The molecule has 0 amide bonds. The van der Waals surface area contributed by atoms with Crippen LogP contribution in [0.25, 0.3) is 0 Å². The molecule has 1 saturated heterocycles. The first-order valence-corrected chi connectivity index (χ1v) is 10.2. The third kappa shape index (κ3) is 6.59. The van der Waals surface area contributed by atoms with Gasteiger partial charge in [0, 0.05) is 38.0 Å². The van der Waals surface area contributed by atoms with Gasteiger partial charge in [-0.3, -0.25) is 9.89 Å². The summed E-state index contributed by atoms with van der Waals surface area (Å²) in [6.07, 6.45) is 5.97. The summed E-state index contributed by atoms with van der Waals surface area (Å²) < 4.78 is 5.28. The summed E-state index contributed by atoms with van der Waals surface area (Å²) >= 11 is 0. The van der Waals surface area contributed by atoms with Gasteiger partial charge in [0.15, 0.2) is 11.8 Å². The van der Waals surface area contributed by atoms with Crippen molar-refractivity contribution in [1.82, 2.24) is 25.7 Å². The molecule has 2 heterocycles. The second kappa shape index (κ2) is 11.2. The van der Waals surface area contributed by atoms with E-state index in [-0.39, 0.29) is 0 Å². The van der Waals surface area contributed by atoms with Crippen LogP contribution in [0.5, 0.6) is 0 Å². The average Bonchev–Trinajstić information content (AvgIpc) is 3.11. The third-order valence-electron chi connectivity index (χ3n) is 4.85. The van der Waals surface area contributed by atoms with E-state index in [0.29, 0.717) is 18.2 Å². The van der Waals surface area contributed by atoms with Crippen LogP contribution >= 0.6 is 0 Å². The zero-order chi connectivity index (χ0) is 18.8. The predicted molar refractivity (Wildman–Crippen MR) is 106 cm³/mol. The molecular formula is C19H36N6O. The van der Waals surface area contributed by atoms with Crippen molar-refractivity contribution in [1.29, 1.82) is 0 Å². The molecule has 26 heavy (non-hydrogen) atoms. The van der Waals surface area contributed by atoms with Crippen LogP contribution in [-0.4, -0.2) is 59.8 Å². The van der Waals surface area contributed by atoms with Gasteiger partial charge in [0.2, 0.25) is 5.89 Å². The Morgan fingerprint density at radius 2 is 2.15 bits per heavy atom. The minimum Gasteiger partial charge on any atom is -0.357 e. The Morgan fingerprint density at radius 3 is 2.85 bits per heavy atom. The number of nitrogens with zero attached hydrogens (tertiary/aromatic N) is 4. The molecule has 0 saturated carbocycles. The summed E-state index contributed by atoms with van der Waals surface area (Å²) in [6, 6.07) is 0.738. The predicted octanol–water partition coefficient (Wildman–Crippen LogP) is 2.56. The molecule has 1 fully saturated rings. The molecule has 0 radical (unpaired) electrons. The second-order valence-electron chi connectivity index (χ2n) is 7.23. The molecule has 1 unspecified atom stereocenters. The summed E-state index contributed by atoms with van der Waals surface area (Å²) in [5.74, 6) is 2.60. The Labute approximate surface area is 158 Å². The Balaban J connectivity index is 1.76. The number of hydrogen-bond donors (Lipinski definition) is 2. The summed E-state index contributed by atoms with van der Waals surface area (Å²) in [7, 11) is 0. The molecule has 0 bridgehead atoms. The lowest BCUT2D eigenvalue weighted by molar-refractivity contribution is 0.148.